The molecule has 4 aromatic rings. The van der Waals surface area contributed by atoms with Crippen LogP contribution in [-0.2, 0) is 6.61 Å². The van der Waals surface area contributed by atoms with Gasteiger partial charge < -0.3 is 10.5 Å². The summed E-state index contributed by atoms with van der Waals surface area (Å²) in [4.78, 5) is 0. The average Bonchev–Trinajstić information content (AvgIpc) is 2.80. The first-order valence-corrected chi connectivity index (χ1v) is 9.88. The number of benzene rings is 4. The number of nitriles is 1. The fraction of sp³-hybridized carbons (Fsp3) is 0.0385. The molecule has 0 bridgehead atoms. The van der Waals surface area contributed by atoms with Gasteiger partial charge in [-0.2, -0.15) is 5.26 Å². The fourth-order valence-electron chi connectivity index (χ4n) is 3.26. The molecule has 0 unspecified atom stereocenters. The van der Waals surface area contributed by atoms with Crippen molar-refractivity contribution in [2.45, 2.75) is 6.61 Å². The van der Waals surface area contributed by atoms with Gasteiger partial charge in [-0.25, -0.2) is 0 Å². The smallest absolute Gasteiger partial charge is 0.144 e. The second-order valence-electron chi connectivity index (χ2n) is 6.91. The molecule has 3 nitrogen and oxygen atoms in total. The van der Waals surface area contributed by atoms with Gasteiger partial charge in [0.05, 0.1) is 17.3 Å². The van der Waals surface area contributed by atoms with Crippen LogP contribution >= 0.6 is 11.6 Å². The first-order valence-electron chi connectivity index (χ1n) is 9.51. The molecule has 0 aliphatic rings. The number of nitrogens with two attached hydrogens (primary N) is 1. The minimum Gasteiger partial charge on any atom is -0.487 e. The molecule has 146 valence electrons. The Morgan fingerprint density at radius 2 is 1.43 bits per heavy atom. The van der Waals surface area contributed by atoms with E-state index in [9.17, 15) is 0 Å². The van der Waals surface area contributed by atoms with Gasteiger partial charge in [0.1, 0.15) is 12.4 Å². The lowest BCUT2D eigenvalue weighted by Gasteiger charge is -2.14. The summed E-state index contributed by atoms with van der Waals surface area (Å²) in [6, 6.07) is 31.3. The maximum absolute atomic E-state index is 8.99. The monoisotopic (exact) mass is 410 g/mol. The summed E-state index contributed by atoms with van der Waals surface area (Å²) >= 11 is 6.31. The molecule has 0 saturated heterocycles. The van der Waals surface area contributed by atoms with E-state index in [0.29, 0.717) is 28.6 Å². The third-order valence-electron chi connectivity index (χ3n) is 4.89. The lowest BCUT2D eigenvalue weighted by atomic mass is 10.0. The second-order valence-corrected chi connectivity index (χ2v) is 7.34. The van der Waals surface area contributed by atoms with E-state index < -0.39 is 0 Å². The van der Waals surface area contributed by atoms with Gasteiger partial charge in [-0.15, -0.1) is 0 Å². The van der Waals surface area contributed by atoms with Crippen LogP contribution in [0.3, 0.4) is 0 Å². The predicted octanol–water partition coefficient (Wildman–Crippen LogP) is 6.71. The van der Waals surface area contributed by atoms with Crippen LogP contribution in [0, 0.1) is 11.3 Å². The van der Waals surface area contributed by atoms with E-state index in [4.69, 9.17) is 27.3 Å². The summed E-state index contributed by atoms with van der Waals surface area (Å²) in [6.45, 7) is 0.381. The average molecular weight is 411 g/mol. The molecule has 4 heteroatoms. The molecule has 0 fully saturated rings. The van der Waals surface area contributed by atoms with Gasteiger partial charge in [0, 0.05) is 16.7 Å². The zero-order chi connectivity index (χ0) is 20.9. The van der Waals surface area contributed by atoms with Crippen molar-refractivity contribution in [1.29, 1.82) is 5.26 Å². The third kappa shape index (κ3) is 4.30. The first-order chi connectivity index (χ1) is 14.6. The fourth-order valence-corrected chi connectivity index (χ4v) is 3.47. The molecule has 0 aromatic heterocycles. The van der Waals surface area contributed by atoms with Crippen molar-refractivity contribution in [3.63, 3.8) is 0 Å². The molecule has 0 radical (unpaired) electrons. The van der Waals surface area contributed by atoms with Crippen molar-refractivity contribution in [2.24, 2.45) is 0 Å². The molecule has 2 N–H and O–H groups in total. The number of hydrogen-bond acceptors (Lipinski definition) is 3. The molecule has 0 saturated carbocycles. The molecule has 0 heterocycles. The van der Waals surface area contributed by atoms with E-state index in [-0.39, 0.29) is 0 Å². The van der Waals surface area contributed by atoms with E-state index in [2.05, 4.69) is 30.3 Å². The van der Waals surface area contributed by atoms with E-state index in [1.807, 2.05) is 42.5 Å². The Kier molecular flexibility index (Phi) is 5.70. The second kappa shape index (κ2) is 8.73. The van der Waals surface area contributed by atoms with Crippen LogP contribution < -0.4 is 10.5 Å². The Balaban J connectivity index is 1.53. The van der Waals surface area contributed by atoms with Crippen LogP contribution in [-0.4, -0.2) is 0 Å². The topological polar surface area (TPSA) is 59.0 Å². The van der Waals surface area contributed by atoms with E-state index in [0.717, 1.165) is 22.3 Å². The van der Waals surface area contributed by atoms with Crippen molar-refractivity contribution < 1.29 is 4.74 Å². The number of halogens is 1. The summed E-state index contributed by atoms with van der Waals surface area (Å²) in [5, 5.41) is 9.53. The molecule has 30 heavy (non-hydrogen) atoms. The van der Waals surface area contributed by atoms with Gasteiger partial charge >= 0.3 is 0 Å². The van der Waals surface area contributed by atoms with Crippen LogP contribution in [0.4, 0.5) is 5.69 Å². The maximum Gasteiger partial charge on any atom is 0.144 e. The number of hydrogen-bond donors (Lipinski definition) is 1. The standard InChI is InChI=1S/C26H19ClN2O/c27-23-14-24(22-12-6-18(16-28)7-13-22)26(29)25(15-23)30-17-19-8-10-21(11-9-19)20-4-2-1-3-5-20/h1-15H,17,29H2. The molecule has 0 atom stereocenters. The molecule has 4 rings (SSSR count). The highest BCUT2D eigenvalue weighted by Gasteiger charge is 2.11. The Hall–Kier alpha value is -3.74. The molecule has 4 aromatic carbocycles. The van der Waals surface area contributed by atoms with Crippen molar-refractivity contribution in [3.05, 3.63) is 107 Å². The summed E-state index contributed by atoms with van der Waals surface area (Å²) in [5.74, 6) is 0.536. The highest BCUT2D eigenvalue weighted by atomic mass is 35.5. The number of anilines is 1. The lowest BCUT2D eigenvalue weighted by Crippen LogP contribution is -2.00. The Bertz CT molecular complexity index is 1190. The molecule has 0 spiro atoms. The van der Waals surface area contributed by atoms with E-state index in [1.165, 1.54) is 5.56 Å². The van der Waals surface area contributed by atoms with Gasteiger partial charge in [-0.05, 0) is 40.5 Å². The lowest BCUT2D eigenvalue weighted by molar-refractivity contribution is 0.308. The normalized spacial score (nSPS) is 10.4. The van der Waals surface area contributed by atoms with Gasteiger partial charge in [0.15, 0.2) is 0 Å². The SMILES string of the molecule is N#Cc1ccc(-c2cc(Cl)cc(OCc3ccc(-c4ccccc4)cc3)c2N)cc1. The number of rotatable bonds is 5. The zero-order valence-corrected chi connectivity index (χ0v) is 16.9. The summed E-state index contributed by atoms with van der Waals surface area (Å²) in [5.41, 5.74) is 12.5. The predicted molar refractivity (Wildman–Crippen MR) is 122 cm³/mol. The van der Waals surface area contributed by atoms with Crippen molar-refractivity contribution in [2.75, 3.05) is 5.73 Å². The van der Waals surface area contributed by atoms with E-state index >= 15 is 0 Å². The van der Waals surface area contributed by atoms with Gasteiger partial charge in [-0.3, -0.25) is 0 Å². The van der Waals surface area contributed by atoms with Crippen LogP contribution in [0.15, 0.2) is 91.0 Å². The molecular formula is C26H19ClN2O. The Morgan fingerprint density at radius 1 is 0.800 bits per heavy atom. The van der Waals surface area contributed by atoms with E-state index in [1.54, 1.807) is 24.3 Å². The van der Waals surface area contributed by atoms with Crippen LogP contribution in [0.2, 0.25) is 5.02 Å². The zero-order valence-electron chi connectivity index (χ0n) is 16.2. The Morgan fingerprint density at radius 3 is 2.10 bits per heavy atom. The highest BCUT2D eigenvalue weighted by molar-refractivity contribution is 6.31. The summed E-state index contributed by atoms with van der Waals surface area (Å²) in [6.07, 6.45) is 0. The third-order valence-corrected chi connectivity index (χ3v) is 5.11. The molecular weight excluding hydrogens is 392 g/mol. The molecule has 0 aliphatic heterocycles. The van der Waals surface area contributed by atoms with Crippen molar-refractivity contribution in [3.8, 4) is 34.1 Å². The quantitative estimate of drug-likeness (QED) is 0.372. The maximum atomic E-state index is 8.99. The molecule has 0 aliphatic carbocycles. The number of nitrogen functional groups attached to an aromatic ring is 1. The summed E-state index contributed by atoms with van der Waals surface area (Å²) < 4.78 is 5.99. The van der Waals surface area contributed by atoms with Crippen LogP contribution in [0.25, 0.3) is 22.3 Å². The molecule has 0 amide bonds. The number of nitrogens with zero attached hydrogens (tertiary/aromatic N) is 1. The largest absolute Gasteiger partial charge is 0.487 e. The Labute approximate surface area is 180 Å². The van der Waals surface area contributed by atoms with Gasteiger partial charge in [-0.1, -0.05) is 78.3 Å². The highest BCUT2D eigenvalue weighted by Crippen LogP contribution is 2.37. The number of ether oxygens (including phenoxy) is 1. The minimum absolute atomic E-state index is 0.381. The van der Waals surface area contributed by atoms with Crippen molar-refractivity contribution >= 4 is 17.3 Å². The van der Waals surface area contributed by atoms with Gasteiger partial charge in [0.2, 0.25) is 0 Å². The van der Waals surface area contributed by atoms with Crippen LogP contribution in [0.5, 0.6) is 5.75 Å². The van der Waals surface area contributed by atoms with Crippen LogP contribution in [0.1, 0.15) is 11.1 Å². The van der Waals surface area contributed by atoms with Crippen molar-refractivity contribution in [1.82, 2.24) is 0 Å². The first kappa shape index (κ1) is 19.6. The summed E-state index contributed by atoms with van der Waals surface area (Å²) in [7, 11) is 0. The minimum atomic E-state index is 0.381. The van der Waals surface area contributed by atoms with Gasteiger partial charge in [0.25, 0.3) is 0 Å².